The molecular weight excluding hydrogens is 2050 g/mol. The molecule has 14 heterocycles. The summed E-state index contributed by atoms with van der Waals surface area (Å²) in [5.74, 6) is 3.76. The molecule has 7 aliphatic rings. The van der Waals surface area contributed by atoms with Gasteiger partial charge in [-0.15, -0.1) is 0 Å². The van der Waals surface area contributed by atoms with Crippen LogP contribution < -0.4 is 56.4 Å². The molecule has 144 heavy (non-hydrogen) atoms. The number of esters is 4. The molecule has 2 aliphatic heterocycles. The van der Waals surface area contributed by atoms with E-state index in [4.69, 9.17) is 107 Å². The summed E-state index contributed by atoms with van der Waals surface area (Å²) in [6, 6.07) is 15.9. The Kier molecular flexibility index (Phi) is 39.0. The van der Waals surface area contributed by atoms with Crippen molar-refractivity contribution < 1.29 is 91.5 Å². The standard InChI is InChI=1S/C26H31N5O4.C17H20ClN3O3.C16H20ClN3O2.C14H14ClN5O.C14H16ClN3O.C10H12N2O2.C3H5BrO2.2CH4.Zn/c1-25(2)12-19-16(24(33)35-25)7-8-21(30-19)31-22-11-17-18(13-27-22)20(34-15-5-6-15)14-28-23(17)26(3,4)29-9-10-32;1-17(2,21-9-15(22)23-3)16-11-6-14(18)19-7-12(11)13(8-20-16)24-10-4-5-10;1-16(2,20-5-6-21)15-11-7-14(17)18-8-12(11)13(9-19-15)22-10-3-4-10;1-14(2,19-20-16)11-7-18-13(21-8-3-4-8)10-6-17-12(15)5-9(10)11;1-14(2,16)11-7-18-13(19-8-3-4-8)10-6-17-12(15)5-9(10)11;1-10(2)5-7-6(9(13)14-10)3-4-8(11)12-7;1-6-3(5)2-4;;;/h7-8,11,13-15,29,32H,5-6,9-10,12H2,1-4H3,(H,27,30,31);6-8,10,21H,4-5,9H2,1-3H3;7-10,20-21H,3-6H2,1-2H3;5-8H,3-4H2,1-2H3;5-8H,3-4,16H2,1-2H3;3-4H,5H2,1-2H3,(H2,11,12);2H2,1H3;2*1H4;. The van der Waals surface area contributed by atoms with Crippen molar-refractivity contribution >= 4 is 158 Å². The molecule has 5 fully saturated rings. The number of ether oxygens (including phenoxy) is 9. The number of aliphatic hydroxyl groups is 2. The Labute approximate surface area is 878 Å². The van der Waals surface area contributed by atoms with Gasteiger partial charge in [0.15, 0.2) is 0 Å². The van der Waals surface area contributed by atoms with Gasteiger partial charge in [0.05, 0.1) is 143 Å². The Balaban J connectivity index is 0.000000178. The minimum Gasteiger partial charge on any atom is -0.488 e. The van der Waals surface area contributed by atoms with Gasteiger partial charge in [-0.2, -0.15) is 0 Å². The molecule has 42 heteroatoms. The average molecular weight is 2170 g/mol. The molecule has 0 aromatic carbocycles. The van der Waals surface area contributed by atoms with Crippen molar-refractivity contribution in [2.75, 3.05) is 63.4 Å². The summed E-state index contributed by atoms with van der Waals surface area (Å²) >= 11 is 27.1. The van der Waals surface area contributed by atoms with Crippen LogP contribution in [0.25, 0.3) is 64.3 Å². The number of azide groups is 1. The fraction of sp³-hybridized carbons (Fsp3) is 0.471. The Bertz CT molecular complexity index is 6660. The molecule has 0 unspecified atom stereocenters. The number of hydrogen-bond donors (Lipinski definition) is 8. The first-order valence-electron chi connectivity index (χ1n) is 46.2. The van der Waals surface area contributed by atoms with Crippen molar-refractivity contribution in [2.45, 2.75) is 258 Å². The topological polar surface area (TPSA) is 495 Å². The number of rotatable bonds is 28. The number of fused-ring (bicyclic) bond motifs is 7. The number of anilines is 3. The molecule has 5 aliphatic carbocycles. The van der Waals surface area contributed by atoms with Crippen molar-refractivity contribution in [1.82, 2.24) is 75.8 Å². The number of aromatic nitrogens is 12. The van der Waals surface area contributed by atoms with Crippen LogP contribution in [0.3, 0.4) is 0 Å². The van der Waals surface area contributed by atoms with E-state index in [1.165, 1.54) is 14.2 Å². The van der Waals surface area contributed by atoms with E-state index in [9.17, 15) is 24.3 Å². The summed E-state index contributed by atoms with van der Waals surface area (Å²) in [4.78, 5) is 101. The molecule has 0 atom stereocenters. The predicted octanol–water partition coefficient (Wildman–Crippen LogP) is 19.4. The predicted molar refractivity (Wildman–Crippen MR) is 556 cm³/mol. The van der Waals surface area contributed by atoms with Crippen molar-refractivity contribution in [3.05, 3.63) is 198 Å². The summed E-state index contributed by atoms with van der Waals surface area (Å²) in [5, 5.41) is 46.0. The minimum atomic E-state index is -0.733. The van der Waals surface area contributed by atoms with Crippen LogP contribution in [0.2, 0.25) is 20.6 Å². The number of aliphatic hydroxyl groups excluding tert-OH is 2. The number of carbonyl (C=O) groups is 4. The number of nitrogen functional groups attached to an aromatic ring is 1. The maximum atomic E-state index is 12.3. The van der Waals surface area contributed by atoms with Gasteiger partial charge in [-0.25, -0.2) is 54.4 Å². The van der Waals surface area contributed by atoms with Crippen molar-refractivity contribution in [3.8, 4) is 29.0 Å². The molecule has 5 saturated carbocycles. The molecule has 12 aromatic heterocycles. The smallest absolute Gasteiger partial charge is 0.340 e. The van der Waals surface area contributed by atoms with Gasteiger partial charge in [0, 0.05) is 132 Å². The van der Waals surface area contributed by atoms with Gasteiger partial charge < -0.3 is 80.3 Å². The molecule has 0 radical (unpaired) electrons. The number of carbonyl (C=O) groups excluding carboxylic acids is 4. The van der Waals surface area contributed by atoms with Gasteiger partial charge in [-0.05, 0) is 229 Å². The first kappa shape index (κ1) is 115. The van der Waals surface area contributed by atoms with Crippen LogP contribution in [0.1, 0.15) is 236 Å². The number of methoxy groups -OCH3 is 2. The number of pyridine rings is 12. The van der Waals surface area contributed by atoms with Crippen LogP contribution in [0.5, 0.6) is 29.0 Å². The number of nitrogens with two attached hydrogens (primary N) is 2. The van der Waals surface area contributed by atoms with Crippen LogP contribution in [-0.2, 0) is 88.6 Å². The van der Waals surface area contributed by atoms with Gasteiger partial charge >= 0.3 is 23.9 Å². The molecule has 12 aromatic rings. The second kappa shape index (κ2) is 48.9. The molecule has 0 saturated heterocycles. The largest absolute Gasteiger partial charge is 0.488 e. The molecule has 19 rings (SSSR count). The molecule has 10 N–H and O–H groups in total. The SMILES string of the molecule is C.C.CC(C)(N)c1cnc(OC2CC2)c2cnc(Cl)cc12.CC(C)(N=[N+]=[N-])c1cnc(OC2CC2)c2cnc(Cl)cc12.CC(C)(NCCO)c1ncc(OC2CC2)c2cnc(Cl)cc12.CC1(C)Cc2nc(N)ccc2C(=O)O1.CC1(C)Cc2nc(Nc3cc4c(C(C)(C)NCCO)ncc(OC5CC5)c4cn3)ccc2C(=O)O1.COC(=O)CBr.COC(=O)CNC(C)(C)c1ncc(OC2CC2)c2cnc(Cl)cc12.[Zn]. The molecule has 0 bridgehead atoms. The fourth-order valence-corrected chi connectivity index (χ4v) is 16.1. The molecule has 766 valence electrons. The zero-order valence-corrected chi connectivity index (χ0v) is 89.8. The molecule has 0 amide bonds. The maximum absolute atomic E-state index is 12.3. The van der Waals surface area contributed by atoms with E-state index in [1.54, 1.807) is 98.4 Å². The van der Waals surface area contributed by atoms with Gasteiger partial charge in [0.25, 0.3) is 0 Å². The Morgan fingerprint density at radius 2 is 0.840 bits per heavy atom. The number of hydrogen-bond acceptors (Lipinski definition) is 34. The summed E-state index contributed by atoms with van der Waals surface area (Å²) in [7, 11) is 2.71. The normalized spacial score (nSPS) is 15.3. The van der Waals surface area contributed by atoms with Crippen LogP contribution in [0.4, 0.5) is 17.5 Å². The summed E-state index contributed by atoms with van der Waals surface area (Å²) in [5.41, 5.74) is 23.4. The summed E-state index contributed by atoms with van der Waals surface area (Å²) in [6.07, 6.45) is 30.5. The average Bonchev–Trinajstić information content (AvgIpc) is 1.19. The molecule has 0 spiro atoms. The monoisotopic (exact) mass is 2170 g/mol. The van der Waals surface area contributed by atoms with Crippen LogP contribution in [0, 0.1) is 0 Å². The van der Waals surface area contributed by atoms with E-state index in [-0.39, 0.29) is 102 Å². The third-order valence-electron chi connectivity index (χ3n) is 23.2. The second-order valence-electron chi connectivity index (χ2n) is 38.8. The van der Waals surface area contributed by atoms with Crippen LogP contribution in [-0.4, -0.2) is 188 Å². The fourth-order valence-electron chi connectivity index (χ4n) is 15.2. The van der Waals surface area contributed by atoms with E-state index >= 15 is 0 Å². The van der Waals surface area contributed by atoms with Crippen molar-refractivity contribution in [1.29, 1.82) is 0 Å². The Morgan fingerprint density at radius 1 is 0.479 bits per heavy atom. The first-order chi connectivity index (χ1) is 66.8. The van der Waals surface area contributed by atoms with Crippen LogP contribution >= 0.6 is 62.3 Å². The van der Waals surface area contributed by atoms with E-state index in [1.807, 2.05) is 115 Å². The number of halogens is 5. The maximum Gasteiger partial charge on any atom is 0.340 e. The van der Waals surface area contributed by atoms with E-state index in [0.717, 1.165) is 163 Å². The van der Waals surface area contributed by atoms with Crippen LogP contribution in [0.15, 0.2) is 122 Å². The Hall–Kier alpha value is -11.1. The van der Waals surface area contributed by atoms with Gasteiger partial charge in [0.2, 0.25) is 11.8 Å². The summed E-state index contributed by atoms with van der Waals surface area (Å²) in [6.45, 7) is 28.2. The second-order valence-corrected chi connectivity index (χ2v) is 40.9. The van der Waals surface area contributed by atoms with Crippen molar-refractivity contribution in [3.63, 3.8) is 0 Å². The zero-order chi connectivity index (χ0) is 102. The van der Waals surface area contributed by atoms with E-state index in [0.29, 0.717) is 111 Å². The van der Waals surface area contributed by atoms with Crippen molar-refractivity contribution in [2.24, 2.45) is 10.8 Å². The number of alkyl halides is 1. The summed E-state index contributed by atoms with van der Waals surface area (Å²) < 4.78 is 49.1. The number of nitrogens with one attached hydrogen (secondary N) is 4. The number of nitrogens with zero attached hydrogens (tertiary/aromatic N) is 15. The quantitative estimate of drug-likeness (QED) is 0.00330. The van der Waals surface area contributed by atoms with Gasteiger partial charge in [-0.3, -0.25) is 29.9 Å². The minimum absolute atomic E-state index is 0. The van der Waals surface area contributed by atoms with Gasteiger partial charge in [0.1, 0.15) is 84.1 Å². The molecule has 36 nitrogen and oxygen atoms in total. The van der Waals surface area contributed by atoms with E-state index in [2.05, 4.69) is 112 Å². The third kappa shape index (κ3) is 30.8. The first-order valence-corrected chi connectivity index (χ1v) is 48.9. The third-order valence-corrected chi connectivity index (χ3v) is 24.5. The van der Waals surface area contributed by atoms with E-state index < -0.39 is 38.9 Å². The zero-order valence-electron chi connectivity index (χ0n) is 82.2. The Morgan fingerprint density at radius 3 is 1.22 bits per heavy atom. The number of cyclic esters (lactones) is 2. The molecular formula is C102H126BrCl4N21O15Zn. The van der Waals surface area contributed by atoms with Gasteiger partial charge in [-0.1, -0.05) is 96.1 Å².